The van der Waals surface area contributed by atoms with E-state index < -0.39 is 25.7 Å². The summed E-state index contributed by atoms with van der Waals surface area (Å²) < 4.78 is 23.9. The molecule has 0 saturated heterocycles. The molecule has 124 valence electrons. The summed E-state index contributed by atoms with van der Waals surface area (Å²) in [4.78, 5) is 22.1. The summed E-state index contributed by atoms with van der Waals surface area (Å²) in [5, 5.41) is 9.08. The van der Waals surface area contributed by atoms with Crippen molar-refractivity contribution in [1.29, 1.82) is 0 Å². The quantitative estimate of drug-likeness (QED) is 0.661. The van der Waals surface area contributed by atoms with Crippen LogP contribution in [0.2, 0.25) is 0 Å². The number of ether oxygens (including phenoxy) is 1. The Bertz CT molecular complexity index is 844. The second-order valence-corrected chi connectivity index (χ2v) is 7.59. The highest BCUT2D eigenvalue weighted by Crippen LogP contribution is 2.54. The standard InChI is InChI=1S/C17H15O6P/c18-16(19)9-10-17(20)22-11-24(21)15-8-4-2-6-13(15)12-5-1-3-7-14(12)23-24/h1-8H,9-11H2,(H,18,19). The summed E-state index contributed by atoms with van der Waals surface area (Å²) in [5.41, 5.74) is 1.61. The van der Waals surface area contributed by atoms with E-state index in [2.05, 4.69) is 0 Å². The van der Waals surface area contributed by atoms with Crippen molar-refractivity contribution in [2.75, 3.05) is 6.35 Å². The van der Waals surface area contributed by atoms with Gasteiger partial charge in [0.25, 0.3) is 0 Å². The van der Waals surface area contributed by atoms with E-state index in [-0.39, 0.29) is 12.8 Å². The van der Waals surface area contributed by atoms with Crippen molar-refractivity contribution in [2.45, 2.75) is 12.8 Å². The summed E-state index contributed by atoms with van der Waals surface area (Å²) in [6.45, 7) is 0. The molecule has 1 unspecified atom stereocenters. The molecule has 1 heterocycles. The highest BCUT2D eigenvalue weighted by atomic mass is 31.2. The molecule has 6 nitrogen and oxygen atoms in total. The third-order valence-corrected chi connectivity index (χ3v) is 5.72. The number of hydrogen-bond acceptors (Lipinski definition) is 5. The number of aliphatic carboxylic acids is 1. The first kappa shape index (κ1) is 16.3. The van der Waals surface area contributed by atoms with Gasteiger partial charge in [-0.3, -0.25) is 14.2 Å². The summed E-state index contributed by atoms with van der Waals surface area (Å²) in [6, 6.07) is 14.3. The van der Waals surface area contributed by atoms with Gasteiger partial charge in [-0.15, -0.1) is 0 Å². The van der Waals surface area contributed by atoms with E-state index in [0.29, 0.717) is 11.1 Å². The molecular weight excluding hydrogens is 331 g/mol. The molecule has 0 aliphatic carbocycles. The number of carboxylic acid groups (broad SMARTS) is 1. The average molecular weight is 346 g/mol. The van der Waals surface area contributed by atoms with Crippen LogP contribution >= 0.6 is 7.37 Å². The number of para-hydroxylation sites is 1. The monoisotopic (exact) mass is 346 g/mol. The van der Waals surface area contributed by atoms with Gasteiger partial charge in [0.1, 0.15) is 5.75 Å². The molecule has 1 atom stereocenters. The third-order valence-electron chi connectivity index (χ3n) is 3.63. The average Bonchev–Trinajstić information content (AvgIpc) is 2.58. The number of carbonyl (C=O) groups excluding carboxylic acids is 1. The van der Waals surface area contributed by atoms with Crippen molar-refractivity contribution in [2.24, 2.45) is 0 Å². The molecule has 0 saturated carbocycles. The first-order chi connectivity index (χ1) is 11.5. The Balaban J connectivity index is 1.85. The Labute approximate surface area is 138 Å². The van der Waals surface area contributed by atoms with E-state index in [1.54, 1.807) is 24.3 Å². The third kappa shape index (κ3) is 3.19. The Morgan fingerprint density at radius 2 is 1.67 bits per heavy atom. The van der Waals surface area contributed by atoms with Crippen LogP contribution in [0.5, 0.6) is 5.75 Å². The number of fused-ring (bicyclic) bond motifs is 3. The molecule has 0 fully saturated rings. The number of rotatable bonds is 5. The van der Waals surface area contributed by atoms with E-state index in [4.69, 9.17) is 14.4 Å². The van der Waals surface area contributed by atoms with Gasteiger partial charge >= 0.3 is 19.3 Å². The maximum atomic E-state index is 13.2. The molecule has 0 bridgehead atoms. The lowest BCUT2D eigenvalue weighted by atomic mass is 10.0. The van der Waals surface area contributed by atoms with Crippen molar-refractivity contribution in [1.82, 2.24) is 0 Å². The van der Waals surface area contributed by atoms with Crippen LogP contribution in [0.4, 0.5) is 0 Å². The van der Waals surface area contributed by atoms with Crippen LogP contribution in [0.15, 0.2) is 48.5 Å². The molecule has 2 aromatic rings. The van der Waals surface area contributed by atoms with Crippen LogP contribution in [0.3, 0.4) is 0 Å². The molecule has 1 aliphatic rings. The van der Waals surface area contributed by atoms with Gasteiger partial charge in [0, 0.05) is 5.56 Å². The second kappa shape index (κ2) is 6.49. The van der Waals surface area contributed by atoms with E-state index in [9.17, 15) is 14.2 Å². The largest absolute Gasteiger partial charge is 0.481 e. The smallest absolute Gasteiger partial charge is 0.314 e. The minimum absolute atomic E-state index is 0.270. The first-order valence-corrected chi connectivity index (χ1v) is 9.16. The van der Waals surface area contributed by atoms with Crippen molar-refractivity contribution in [3.8, 4) is 16.9 Å². The van der Waals surface area contributed by atoms with Crippen LogP contribution in [0.1, 0.15) is 12.8 Å². The van der Waals surface area contributed by atoms with E-state index in [0.717, 1.165) is 11.1 Å². The van der Waals surface area contributed by atoms with Crippen molar-refractivity contribution < 1.29 is 28.5 Å². The molecule has 3 rings (SSSR count). The molecular formula is C17H15O6P. The molecule has 0 radical (unpaired) electrons. The van der Waals surface area contributed by atoms with Crippen LogP contribution in [-0.4, -0.2) is 23.4 Å². The topological polar surface area (TPSA) is 89.9 Å². The Hall–Kier alpha value is -2.59. The van der Waals surface area contributed by atoms with Gasteiger partial charge in [-0.2, -0.15) is 0 Å². The van der Waals surface area contributed by atoms with Gasteiger partial charge in [0.2, 0.25) is 0 Å². The van der Waals surface area contributed by atoms with Gasteiger partial charge in [-0.05, 0) is 17.7 Å². The maximum absolute atomic E-state index is 13.2. The van der Waals surface area contributed by atoms with E-state index >= 15 is 0 Å². The summed E-state index contributed by atoms with van der Waals surface area (Å²) >= 11 is 0. The molecule has 1 N–H and O–H groups in total. The van der Waals surface area contributed by atoms with Gasteiger partial charge in [-0.25, -0.2) is 0 Å². The van der Waals surface area contributed by atoms with Crippen LogP contribution in [0.25, 0.3) is 11.1 Å². The lowest BCUT2D eigenvalue weighted by molar-refractivity contribution is -0.146. The minimum atomic E-state index is -3.43. The van der Waals surface area contributed by atoms with Crippen LogP contribution in [-0.2, 0) is 18.9 Å². The second-order valence-electron chi connectivity index (χ2n) is 5.32. The number of esters is 1. The molecule has 7 heteroatoms. The number of benzene rings is 2. The van der Waals surface area contributed by atoms with Crippen LogP contribution in [0, 0.1) is 0 Å². The normalized spacial score (nSPS) is 18.0. The summed E-state index contributed by atoms with van der Waals surface area (Å²) in [5.74, 6) is -1.33. The van der Waals surface area contributed by atoms with E-state index in [1.807, 2.05) is 24.3 Å². The van der Waals surface area contributed by atoms with Gasteiger partial charge in [0.15, 0.2) is 6.35 Å². The fourth-order valence-corrected chi connectivity index (χ4v) is 4.47. The molecule has 2 aromatic carbocycles. The zero-order valence-corrected chi connectivity index (χ0v) is 13.6. The van der Waals surface area contributed by atoms with Crippen LogP contribution < -0.4 is 9.83 Å². The molecule has 0 spiro atoms. The lowest BCUT2D eigenvalue weighted by Gasteiger charge is -2.28. The van der Waals surface area contributed by atoms with Gasteiger partial charge < -0.3 is 14.4 Å². The predicted octanol–water partition coefficient (Wildman–Crippen LogP) is 3.01. The molecule has 0 amide bonds. The predicted molar refractivity (Wildman–Crippen MR) is 87.6 cm³/mol. The minimum Gasteiger partial charge on any atom is -0.481 e. The molecule has 0 aromatic heterocycles. The van der Waals surface area contributed by atoms with Crippen molar-refractivity contribution in [3.63, 3.8) is 0 Å². The van der Waals surface area contributed by atoms with E-state index in [1.165, 1.54) is 0 Å². The summed E-state index contributed by atoms with van der Waals surface area (Å²) in [6.07, 6.45) is -1.02. The SMILES string of the molecule is O=C(O)CCC(=O)OCP1(=O)Oc2ccccc2-c2ccccc21. The Morgan fingerprint density at radius 3 is 2.42 bits per heavy atom. The molecule has 1 aliphatic heterocycles. The summed E-state index contributed by atoms with van der Waals surface area (Å²) in [7, 11) is -3.43. The Kier molecular flexibility index (Phi) is 4.40. The zero-order valence-electron chi connectivity index (χ0n) is 12.7. The molecule has 24 heavy (non-hydrogen) atoms. The van der Waals surface area contributed by atoms with Gasteiger partial charge in [0.05, 0.1) is 18.1 Å². The Morgan fingerprint density at radius 1 is 1.00 bits per heavy atom. The highest BCUT2D eigenvalue weighted by Gasteiger charge is 2.37. The maximum Gasteiger partial charge on any atom is 0.314 e. The lowest BCUT2D eigenvalue weighted by Crippen LogP contribution is -2.22. The van der Waals surface area contributed by atoms with Crippen molar-refractivity contribution >= 4 is 24.6 Å². The number of carbonyl (C=O) groups is 2. The van der Waals surface area contributed by atoms with Crippen molar-refractivity contribution in [3.05, 3.63) is 48.5 Å². The number of carboxylic acids is 1. The van der Waals surface area contributed by atoms with Gasteiger partial charge in [-0.1, -0.05) is 36.4 Å². The highest BCUT2D eigenvalue weighted by molar-refractivity contribution is 7.67. The fourth-order valence-electron chi connectivity index (χ4n) is 2.51. The zero-order chi connectivity index (χ0) is 17.2. The number of hydrogen-bond donors (Lipinski definition) is 1. The first-order valence-electron chi connectivity index (χ1n) is 7.35. The fraction of sp³-hybridized carbons (Fsp3) is 0.176.